The van der Waals surface area contributed by atoms with E-state index in [2.05, 4.69) is 39.6 Å². The van der Waals surface area contributed by atoms with Crippen molar-refractivity contribution in [1.82, 2.24) is 30.3 Å². The van der Waals surface area contributed by atoms with Crippen molar-refractivity contribution in [1.29, 1.82) is 0 Å². The van der Waals surface area contributed by atoms with Gasteiger partial charge in [0.2, 0.25) is 0 Å². The number of aryl methyl sites for hydroxylation is 1. The van der Waals surface area contributed by atoms with E-state index in [1.54, 1.807) is 7.11 Å². The molecule has 3 rings (SSSR count). The number of likely N-dealkylation sites (tertiary alicyclic amines) is 1. The fourth-order valence-corrected chi connectivity index (χ4v) is 3.58. The number of hydrogen-bond acceptors (Lipinski definition) is 5. The lowest BCUT2D eigenvalue weighted by Gasteiger charge is -2.35. The Morgan fingerprint density at radius 2 is 1.90 bits per heavy atom. The summed E-state index contributed by atoms with van der Waals surface area (Å²) < 4.78 is 7.24. The molecule has 0 saturated carbocycles. The summed E-state index contributed by atoms with van der Waals surface area (Å²) in [5, 5.41) is 15.5. The molecule has 1 saturated heterocycles. The second-order valence-corrected chi connectivity index (χ2v) is 8.14. The maximum atomic E-state index is 5.24. The molecule has 0 bridgehead atoms. The number of piperidine rings is 1. The smallest absolute Gasteiger partial charge is 0.192 e. The van der Waals surface area contributed by atoms with E-state index < -0.39 is 0 Å². The van der Waals surface area contributed by atoms with Crippen LogP contribution in [0.25, 0.3) is 0 Å². The molecule has 1 aromatic carbocycles. The first-order chi connectivity index (χ1) is 14.5. The van der Waals surface area contributed by atoms with Gasteiger partial charge < -0.3 is 24.8 Å². The Hall–Kier alpha value is -2.61. The molecule has 0 amide bonds. The van der Waals surface area contributed by atoms with Crippen molar-refractivity contribution in [2.75, 3.05) is 20.2 Å². The highest BCUT2D eigenvalue weighted by Gasteiger charge is 2.21. The average Bonchev–Trinajstić information content (AvgIpc) is 3.08. The minimum atomic E-state index is 0.420. The Labute approximate surface area is 179 Å². The molecule has 2 heterocycles. The highest BCUT2D eigenvalue weighted by molar-refractivity contribution is 5.80. The third-order valence-corrected chi connectivity index (χ3v) is 5.78. The van der Waals surface area contributed by atoms with Crippen LogP contribution in [0, 0.1) is 6.92 Å². The van der Waals surface area contributed by atoms with Gasteiger partial charge in [0, 0.05) is 32.2 Å². The van der Waals surface area contributed by atoms with E-state index in [9.17, 15) is 0 Å². The van der Waals surface area contributed by atoms with Gasteiger partial charge in [0.05, 0.1) is 20.2 Å². The SMILES string of the molecule is COc1ccc(CN=C(NCc2nnc(C)n2C)NC2CCN(C(C)C)CC2)cc1. The third-order valence-electron chi connectivity index (χ3n) is 5.78. The summed E-state index contributed by atoms with van der Waals surface area (Å²) in [5.74, 6) is 3.46. The number of rotatable bonds is 7. The number of guanidine groups is 1. The van der Waals surface area contributed by atoms with Crippen LogP contribution in [0.3, 0.4) is 0 Å². The lowest BCUT2D eigenvalue weighted by molar-refractivity contribution is 0.167. The number of nitrogens with zero attached hydrogens (tertiary/aromatic N) is 5. The Balaban J connectivity index is 1.64. The maximum Gasteiger partial charge on any atom is 0.192 e. The number of nitrogens with one attached hydrogen (secondary N) is 2. The fourth-order valence-electron chi connectivity index (χ4n) is 3.58. The number of methoxy groups -OCH3 is 1. The van der Waals surface area contributed by atoms with E-state index in [0.29, 0.717) is 25.2 Å². The average molecular weight is 414 g/mol. The fraction of sp³-hybridized carbons (Fsp3) is 0.591. The molecule has 30 heavy (non-hydrogen) atoms. The van der Waals surface area contributed by atoms with Gasteiger partial charge in [-0.1, -0.05) is 12.1 Å². The lowest BCUT2D eigenvalue weighted by Crippen LogP contribution is -2.49. The Kier molecular flexibility index (Phi) is 7.68. The highest BCUT2D eigenvalue weighted by atomic mass is 16.5. The van der Waals surface area contributed by atoms with Gasteiger partial charge in [-0.3, -0.25) is 0 Å². The molecule has 164 valence electrons. The van der Waals surface area contributed by atoms with Gasteiger partial charge in [0.25, 0.3) is 0 Å². The highest BCUT2D eigenvalue weighted by Crippen LogP contribution is 2.14. The Bertz CT molecular complexity index is 821. The summed E-state index contributed by atoms with van der Waals surface area (Å²) in [6.45, 7) is 9.89. The molecule has 0 atom stereocenters. The molecule has 0 aliphatic carbocycles. The normalized spacial score (nSPS) is 16.1. The van der Waals surface area contributed by atoms with Crippen molar-refractivity contribution in [3.8, 4) is 5.75 Å². The molecule has 8 heteroatoms. The van der Waals surface area contributed by atoms with Crippen LogP contribution in [0.5, 0.6) is 5.75 Å². The van der Waals surface area contributed by atoms with E-state index in [1.807, 2.05) is 42.8 Å². The molecule has 2 aromatic rings. The molecular weight excluding hydrogens is 378 g/mol. The second-order valence-electron chi connectivity index (χ2n) is 8.14. The molecule has 2 N–H and O–H groups in total. The first-order valence-electron chi connectivity index (χ1n) is 10.7. The van der Waals surface area contributed by atoms with Crippen molar-refractivity contribution in [3.63, 3.8) is 0 Å². The van der Waals surface area contributed by atoms with Crippen LogP contribution in [-0.4, -0.2) is 57.9 Å². The molecule has 1 aliphatic rings. The van der Waals surface area contributed by atoms with Crippen LogP contribution in [0.1, 0.15) is 43.9 Å². The standard InChI is InChI=1S/C22H35N7O/c1-16(2)29-12-10-19(11-13-29)25-22(24-15-21-27-26-17(3)28(21)4)23-14-18-6-8-20(30-5)9-7-18/h6-9,16,19H,10-15H2,1-5H3,(H2,23,24,25). The van der Waals surface area contributed by atoms with E-state index in [0.717, 1.165) is 54.9 Å². The topological polar surface area (TPSA) is 79.6 Å². The Morgan fingerprint density at radius 1 is 1.20 bits per heavy atom. The van der Waals surface area contributed by atoms with Crippen molar-refractivity contribution in [3.05, 3.63) is 41.5 Å². The third kappa shape index (κ3) is 5.95. The maximum absolute atomic E-state index is 5.24. The number of aromatic nitrogens is 3. The van der Waals surface area contributed by atoms with Crippen molar-refractivity contribution in [2.24, 2.45) is 12.0 Å². The minimum absolute atomic E-state index is 0.420. The van der Waals surface area contributed by atoms with E-state index in [4.69, 9.17) is 9.73 Å². The number of ether oxygens (including phenoxy) is 1. The van der Waals surface area contributed by atoms with Crippen molar-refractivity contribution >= 4 is 5.96 Å². The number of aliphatic imine (C=N–C) groups is 1. The van der Waals surface area contributed by atoms with Crippen LogP contribution in [0.15, 0.2) is 29.3 Å². The summed E-state index contributed by atoms with van der Waals surface area (Å²) in [4.78, 5) is 7.36. The van der Waals surface area contributed by atoms with Gasteiger partial charge in [-0.25, -0.2) is 4.99 Å². The number of hydrogen-bond donors (Lipinski definition) is 2. The molecule has 0 radical (unpaired) electrons. The summed E-state index contributed by atoms with van der Waals surface area (Å²) in [5.41, 5.74) is 1.14. The zero-order valence-electron chi connectivity index (χ0n) is 18.9. The predicted octanol–water partition coefficient (Wildman–Crippen LogP) is 2.24. The van der Waals surface area contributed by atoms with Crippen LogP contribution >= 0.6 is 0 Å². The first-order valence-corrected chi connectivity index (χ1v) is 10.7. The molecule has 1 aliphatic heterocycles. The van der Waals surface area contributed by atoms with Crippen molar-refractivity contribution in [2.45, 2.75) is 58.8 Å². The van der Waals surface area contributed by atoms with E-state index >= 15 is 0 Å². The van der Waals surface area contributed by atoms with Gasteiger partial charge in [-0.05, 0) is 51.3 Å². The van der Waals surface area contributed by atoms with Gasteiger partial charge in [0.15, 0.2) is 11.8 Å². The van der Waals surface area contributed by atoms with Crippen LogP contribution in [-0.2, 0) is 20.1 Å². The first kappa shape index (κ1) is 22.1. The Morgan fingerprint density at radius 3 is 2.47 bits per heavy atom. The lowest BCUT2D eigenvalue weighted by atomic mass is 10.0. The van der Waals surface area contributed by atoms with Crippen LogP contribution < -0.4 is 15.4 Å². The molecule has 0 spiro atoms. The van der Waals surface area contributed by atoms with Gasteiger partial charge in [0.1, 0.15) is 11.6 Å². The monoisotopic (exact) mass is 413 g/mol. The predicted molar refractivity (Wildman–Crippen MR) is 120 cm³/mol. The summed E-state index contributed by atoms with van der Waals surface area (Å²) in [7, 11) is 3.66. The summed E-state index contributed by atoms with van der Waals surface area (Å²) >= 11 is 0. The van der Waals surface area contributed by atoms with Gasteiger partial charge >= 0.3 is 0 Å². The van der Waals surface area contributed by atoms with Gasteiger partial charge in [-0.15, -0.1) is 10.2 Å². The second kappa shape index (κ2) is 10.4. The minimum Gasteiger partial charge on any atom is -0.497 e. The number of benzene rings is 1. The van der Waals surface area contributed by atoms with Crippen LogP contribution in [0.2, 0.25) is 0 Å². The van der Waals surface area contributed by atoms with E-state index in [1.165, 1.54) is 0 Å². The van der Waals surface area contributed by atoms with Crippen LogP contribution in [0.4, 0.5) is 0 Å². The molecular formula is C22H35N7O. The summed E-state index contributed by atoms with van der Waals surface area (Å²) in [6, 6.07) is 9.06. The van der Waals surface area contributed by atoms with E-state index in [-0.39, 0.29) is 0 Å². The molecule has 1 fully saturated rings. The molecule has 8 nitrogen and oxygen atoms in total. The molecule has 1 aromatic heterocycles. The van der Waals surface area contributed by atoms with Gasteiger partial charge in [-0.2, -0.15) is 0 Å². The quantitative estimate of drug-likeness (QED) is 0.535. The zero-order chi connectivity index (χ0) is 21.5. The zero-order valence-corrected chi connectivity index (χ0v) is 18.9. The summed E-state index contributed by atoms with van der Waals surface area (Å²) in [6.07, 6.45) is 2.23. The van der Waals surface area contributed by atoms with Crippen molar-refractivity contribution < 1.29 is 4.74 Å². The molecule has 0 unspecified atom stereocenters. The largest absolute Gasteiger partial charge is 0.497 e.